The lowest BCUT2D eigenvalue weighted by Gasteiger charge is -2.13. The molecule has 2 rings (SSSR count). The number of nitrogens with one attached hydrogen (secondary N) is 1. The van der Waals surface area contributed by atoms with Crippen LogP contribution in [0.1, 0.15) is 30.4 Å². The van der Waals surface area contributed by atoms with E-state index < -0.39 is 11.7 Å². The van der Waals surface area contributed by atoms with Gasteiger partial charge in [0.1, 0.15) is 0 Å². The Hall–Kier alpha value is -1.07. The first-order valence-electron chi connectivity index (χ1n) is 6.10. The molecule has 0 bridgehead atoms. The third kappa shape index (κ3) is 3.46. The zero-order valence-corrected chi connectivity index (χ0v) is 10.0. The van der Waals surface area contributed by atoms with Crippen molar-refractivity contribution in [2.45, 2.75) is 44.1 Å². The Labute approximate surface area is 104 Å². The van der Waals surface area contributed by atoms with E-state index in [1.165, 1.54) is 12.1 Å². The van der Waals surface area contributed by atoms with Gasteiger partial charge in [-0.1, -0.05) is 18.2 Å². The number of hydrogen-bond acceptors (Lipinski definition) is 2. The summed E-state index contributed by atoms with van der Waals surface area (Å²) in [6, 6.07) is 5.99. The lowest BCUT2D eigenvalue weighted by Crippen LogP contribution is -2.28. The van der Waals surface area contributed by atoms with Crippen molar-refractivity contribution in [3.8, 4) is 0 Å². The molecule has 3 N–H and O–H groups in total. The van der Waals surface area contributed by atoms with E-state index in [1.54, 1.807) is 6.07 Å². The average molecular weight is 258 g/mol. The first-order chi connectivity index (χ1) is 8.45. The number of halogens is 3. The Morgan fingerprint density at radius 3 is 2.67 bits per heavy atom. The number of rotatable bonds is 3. The van der Waals surface area contributed by atoms with Gasteiger partial charge in [0, 0.05) is 18.6 Å². The summed E-state index contributed by atoms with van der Waals surface area (Å²) in [6.07, 6.45) is -1.38. The third-order valence-electron chi connectivity index (χ3n) is 3.32. The van der Waals surface area contributed by atoms with Crippen LogP contribution in [0.3, 0.4) is 0 Å². The van der Waals surface area contributed by atoms with E-state index in [-0.39, 0.29) is 6.04 Å². The number of alkyl halides is 3. The van der Waals surface area contributed by atoms with E-state index in [0.29, 0.717) is 18.2 Å². The van der Waals surface area contributed by atoms with Gasteiger partial charge in [0.05, 0.1) is 5.56 Å². The van der Waals surface area contributed by atoms with Crippen molar-refractivity contribution < 1.29 is 13.2 Å². The van der Waals surface area contributed by atoms with Crippen LogP contribution in [0.2, 0.25) is 0 Å². The van der Waals surface area contributed by atoms with Gasteiger partial charge in [0.2, 0.25) is 0 Å². The fourth-order valence-electron chi connectivity index (χ4n) is 2.32. The fraction of sp³-hybridized carbons (Fsp3) is 0.538. The van der Waals surface area contributed by atoms with E-state index in [2.05, 4.69) is 5.32 Å². The standard InChI is InChI=1S/C13H17F3N2/c14-13(15,16)10-3-1-2-9(6-10)8-18-12-5-4-11(17)7-12/h1-3,6,11-12,18H,4-5,7-8,17H2. The van der Waals surface area contributed by atoms with E-state index >= 15 is 0 Å². The second-order valence-electron chi connectivity index (χ2n) is 4.85. The minimum absolute atomic E-state index is 0.226. The molecule has 5 heteroatoms. The Morgan fingerprint density at radius 2 is 2.06 bits per heavy atom. The van der Waals surface area contributed by atoms with Crippen molar-refractivity contribution in [2.24, 2.45) is 5.73 Å². The molecule has 1 aromatic carbocycles. The molecule has 0 saturated heterocycles. The molecule has 0 radical (unpaired) electrons. The predicted molar refractivity (Wildman–Crippen MR) is 63.9 cm³/mol. The van der Waals surface area contributed by atoms with Crippen LogP contribution in [0.5, 0.6) is 0 Å². The number of hydrogen-bond donors (Lipinski definition) is 2. The summed E-state index contributed by atoms with van der Waals surface area (Å²) in [4.78, 5) is 0. The van der Waals surface area contributed by atoms with E-state index in [0.717, 1.165) is 25.3 Å². The molecule has 2 nitrogen and oxygen atoms in total. The van der Waals surface area contributed by atoms with Gasteiger partial charge in [-0.15, -0.1) is 0 Å². The zero-order valence-electron chi connectivity index (χ0n) is 10.0. The fourth-order valence-corrected chi connectivity index (χ4v) is 2.32. The molecular formula is C13H17F3N2. The zero-order chi connectivity index (χ0) is 13.2. The molecule has 0 heterocycles. The van der Waals surface area contributed by atoms with E-state index in [4.69, 9.17) is 5.73 Å². The second kappa shape index (κ2) is 5.28. The topological polar surface area (TPSA) is 38.0 Å². The highest BCUT2D eigenvalue weighted by molar-refractivity contribution is 5.25. The van der Waals surface area contributed by atoms with Crippen LogP contribution < -0.4 is 11.1 Å². The average Bonchev–Trinajstić information content (AvgIpc) is 2.72. The molecule has 1 aliphatic carbocycles. The highest BCUT2D eigenvalue weighted by Gasteiger charge is 2.30. The van der Waals surface area contributed by atoms with Crippen molar-refractivity contribution >= 4 is 0 Å². The Bertz CT molecular complexity index is 403. The number of nitrogens with two attached hydrogens (primary N) is 1. The summed E-state index contributed by atoms with van der Waals surface area (Å²) in [6.45, 7) is 0.460. The molecule has 0 aromatic heterocycles. The Balaban J connectivity index is 1.93. The lowest BCUT2D eigenvalue weighted by atomic mass is 10.1. The van der Waals surface area contributed by atoms with Crippen molar-refractivity contribution in [3.05, 3.63) is 35.4 Å². The maximum Gasteiger partial charge on any atom is 0.416 e. The van der Waals surface area contributed by atoms with Crippen molar-refractivity contribution in [3.63, 3.8) is 0 Å². The lowest BCUT2D eigenvalue weighted by molar-refractivity contribution is -0.137. The minimum atomic E-state index is -4.27. The summed E-state index contributed by atoms with van der Waals surface area (Å²) in [5, 5.41) is 3.26. The predicted octanol–water partition coefficient (Wildman–Crippen LogP) is 2.67. The van der Waals surface area contributed by atoms with Gasteiger partial charge in [0.15, 0.2) is 0 Å². The quantitative estimate of drug-likeness (QED) is 0.874. The van der Waals surface area contributed by atoms with Gasteiger partial charge in [0.25, 0.3) is 0 Å². The molecule has 2 unspecified atom stereocenters. The first-order valence-corrected chi connectivity index (χ1v) is 6.10. The van der Waals surface area contributed by atoms with Crippen LogP contribution in [0, 0.1) is 0 Å². The normalized spacial score (nSPS) is 24.4. The molecule has 1 fully saturated rings. The molecule has 0 spiro atoms. The largest absolute Gasteiger partial charge is 0.416 e. The smallest absolute Gasteiger partial charge is 0.328 e. The second-order valence-corrected chi connectivity index (χ2v) is 4.85. The summed E-state index contributed by atoms with van der Waals surface area (Å²) < 4.78 is 37.6. The molecule has 2 atom stereocenters. The van der Waals surface area contributed by atoms with Gasteiger partial charge in [-0.05, 0) is 30.9 Å². The Kier molecular flexibility index (Phi) is 3.92. The molecule has 100 valence electrons. The van der Waals surface area contributed by atoms with Gasteiger partial charge < -0.3 is 11.1 Å². The van der Waals surface area contributed by atoms with E-state index in [9.17, 15) is 13.2 Å². The molecule has 1 aromatic rings. The monoisotopic (exact) mass is 258 g/mol. The molecule has 1 saturated carbocycles. The summed E-state index contributed by atoms with van der Waals surface area (Å²) >= 11 is 0. The highest BCUT2D eigenvalue weighted by Crippen LogP contribution is 2.29. The Morgan fingerprint density at radius 1 is 1.28 bits per heavy atom. The van der Waals surface area contributed by atoms with Crippen LogP contribution in [-0.2, 0) is 12.7 Å². The molecule has 1 aliphatic rings. The molecule has 0 aliphatic heterocycles. The van der Waals surface area contributed by atoms with E-state index in [1.807, 2.05) is 0 Å². The molecule has 0 amide bonds. The van der Waals surface area contributed by atoms with Gasteiger partial charge >= 0.3 is 6.18 Å². The third-order valence-corrected chi connectivity index (χ3v) is 3.32. The van der Waals surface area contributed by atoms with Crippen LogP contribution in [0.15, 0.2) is 24.3 Å². The molecule has 18 heavy (non-hydrogen) atoms. The summed E-state index contributed by atoms with van der Waals surface area (Å²) in [7, 11) is 0. The van der Waals surface area contributed by atoms with Gasteiger partial charge in [-0.3, -0.25) is 0 Å². The van der Waals surface area contributed by atoms with Crippen LogP contribution in [-0.4, -0.2) is 12.1 Å². The van der Waals surface area contributed by atoms with Crippen molar-refractivity contribution in [1.29, 1.82) is 0 Å². The summed E-state index contributed by atoms with van der Waals surface area (Å²) in [5.41, 5.74) is 5.85. The van der Waals surface area contributed by atoms with Crippen molar-refractivity contribution in [1.82, 2.24) is 5.32 Å². The highest BCUT2D eigenvalue weighted by atomic mass is 19.4. The van der Waals surface area contributed by atoms with Crippen LogP contribution >= 0.6 is 0 Å². The minimum Gasteiger partial charge on any atom is -0.328 e. The summed E-state index contributed by atoms with van der Waals surface area (Å²) in [5.74, 6) is 0. The molecular weight excluding hydrogens is 241 g/mol. The van der Waals surface area contributed by atoms with Crippen LogP contribution in [0.4, 0.5) is 13.2 Å². The van der Waals surface area contributed by atoms with Gasteiger partial charge in [-0.25, -0.2) is 0 Å². The maximum absolute atomic E-state index is 12.5. The first kappa shape index (κ1) is 13.4. The number of benzene rings is 1. The maximum atomic E-state index is 12.5. The van der Waals surface area contributed by atoms with Crippen molar-refractivity contribution in [2.75, 3.05) is 0 Å². The SMILES string of the molecule is NC1CCC(NCc2cccc(C(F)(F)F)c2)C1. The van der Waals surface area contributed by atoms with Crippen LogP contribution in [0.25, 0.3) is 0 Å². The van der Waals surface area contributed by atoms with Gasteiger partial charge in [-0.2, -0.15) is 13.2 Å².